The molecule has 94 valence electrons. The third-order valence-electron chi connectivity index (χ3n) is 3.06. The van der Waals surface area contributed by atoms with E-state index in [-0.39, 0.29) is 18.1 Å². The maximum absolute atomic E-state index is 12.0. The van der Waals surface area contributed by atoms with Gasteiger partial charge in [-0.15, -0.1) is 0 Å². The molecule has 1 amide bonds. The van der Waals surface area contributed by atoms with E-state index in [4.69, 9.17) is 10.5 Å². The lowest BCUT2D eigenvalue weighted by Gasteiger charge is -2.22. The summed E-state index contributed by atoms with van der Waals surface area (Å²) in [5.41, 5.74) is 5.52. The molecule has 2 N–H and O–H groups in total. The van der Waals surface area contributed by atoms with Gasteiger partial charge in [-0.25, -0.2) is 0 Å². The Morgan fingerprint density at radius 3 is 2.69 bits per heavy atom. The molecule has 0 aromatic heterocycles. The lowest BCUT2D eigenvalue weighted by molar-refractivity contribution is -0.141. The second-order valence-corrected chi connectivity index (χ2v) is 5.00. The van der Waals surface area contributed by atoms with Crippen molar-refractivity contribution >= 4 is 5.91 Å². The SMILES string of the molecule is CC(C)CCN(C)C(=O)C1CCC(CN)O1. The van der Waals surface area contributed by atoms with Crippen LogP contribution in [0.5, 0.6) is 0 Å². The number of nitrogens with two attached hydrogens (primary N) is 1. The zero-order valence-electron chi connectivity index (χ0n) is 10.6. The van der Waals surface area contributed by atoms with E-state index in [1.54, 1.807) is 4.90 Å². The van der Waals surface area contributed by atoms with Gasteiger partial charge in [0, 0.05) is 20.1 Å². The molecule has 1 aliphatic heterocycles. The number of ether oxygens (including phenoxy) is 1. The second-order valence-electron chi connectivity index (χ2n) is 5.00. The summed E-state index contributed by atoms with van der Waals surface area (Å²) in [5, 5.41) is 0. The van der Waals surface area contributed by atoms with Gasteiger partial charge in [0.1, 0.15) is 6.10 Å². The predicted octanol–water partition coefficient (Wildman–Crippen LogP) is 0.997. The predicted molar refractivity (Wildman–Crippen MR) is 64.0 cm³/mol. The van der Waals surface area contributed by atoms with Crippen LogP contribution in [-0.4, -0.2) is 43.2 Å². The van der Waals surface area contributed by atoms with Gasteiger partial charge in [0.2, 0.25) is 0 Å². The molecule has 0 aliphatic carbocycles. The van der Waals surface area contributed by atoms with E-state index in [1.165, 1.54) is 0 Å². The Morgan fingerprint density at radius 2 is 2.19 bits per heavy atom. The molecule has 2 unspecified atom stereocenters. The summed E-state index contributed by atoms with van der Waals surface area (Å²) < 4.78 is 5.58. The first-order chi connectivity index (χ1) is 7.54. The topological polar surface area (TPSA) is 55.6 Å². The average molecular weight is 228 g/mol. The smallest absolute Gasteiger partial charge is 0.251 e. The van der Waals surface area contributed by atoms with Crippen molar-refractivity contribution in [2.24, 2.45) is 11.7 Å². The van der Waals surface area contributed by atoms with Gasteiger partial charge < -0.3 is 15.4 Å². The molecule has 4 nitrogen and oxygen atoms in total. The summed E-state index contributed by atoms with van der Waals surface area (Å²) in [6.45, 7) is 5.65. The van der Waals surface area contributed by atoms with Crippen molar-refractivity contribution in [3.8, 4) is 0 Å². The number of rotatable bonds is 5. The monoisotopic (exact) mass is 228 g/mol. The van der Waals surface area contributed by atoms with Crippen LogP contribution in [0.25, 0.3) is 0 Å². The van der Waals surface area contributed by atoms with Gasteiger partial charge in [0.05, 0.1) is 6.10 Å². The summed E-state index contributed by atoms with van der Waals surface area (Å²) >= 11 is 0. The molecule has 0 spiro atoms. The molecular formula is C12H24N2O2. The molecule has 1 saturated heterocycles. The number of likely N-dealkylation sites (N-methyl/N-ethyl adjacent to an activating group) is 1. The third kappa shape index (κ3) is 3.76. The number of carbonyl (C=O) groups excluding carboxylic acids is 1. The minimum absolute atomic E-state index is 0.0763. The Kier molecular flexibility index (Phi) is 5.22. The first kappa shape index (κ1) is 13.5. The van der Waals surface area contributed by atoms with Gasteiger partial charge in [0.25, 0.3) is 5.91 Å². The van der Waals surface area contributed by atoms with Crippen molar-refractivity contribution in [1.29, 1.82) is 0 Å². The normalized spacial score (nSPS) is 25.1. The summed E-state index contributed by atoms with van der Waals surface area (Å²) in [7, 11) is 1.85. The zero-order valence-corrected chi connectivity index (χ0v) is 10.6. The highest BCUT2D eigenvalue weighted by atomic mass is 16.5. The maximum Gasteiger partial charge on any atom is 0.251 e. The van der Waals surface area contributed by atoms with Gasteiger partial charge >= 0.3 is 0 Å². The lowest BCUT2D eigenvalue weighted by atomic mass is 10.1. The van der Waals surface area contributed by atoms with E-state index in [2.05, 4.69) is 13.8 Å². The van der Waals surface area contributed by atoms with Crippen molar-refractivity contribution in [2.45, 2.75) is 45.3 Å². The molecule has 0 radical (unpaired) electrons. The van der Waals surface area contributed by atoms with Crippen LogP contribution < -0.4 is 5.73 Å². The van der Waals surface area contributed by atoms with Gasteiger partial charge in [-0.05, 0) is 25.2 Å². The lowest BCUT2D eigenvalue weighted by Crippen LogP contribution is -2.38. The van der Waals surface area contributed by atoms with E-state index in [9.17, 15) is 4.79 Å². The molecule has 2 atom stereocenters. The third-order valence-corrected chi connectivity index (χ3v) is 3.06. The van der Waals surface area contributed by atoms with Crippen LogP contribution in [0.3, 0.4) is 0 Å². The Balaban J connectivity index is 2.33. The Hall–Kier alpha value is -0.610. The van der Waals surface area contributed by atoms with Crippen molar-refractivity contribution in [3.05, 3.63) is 0 Å². The van der Waals surface area contributed by atoms with Gasteiger partial charge in [-0.1, -0.05) is 13.8 Å². The van der Waals surface area contributed by atoms with Crippen LogP contribution in [-0.2, 0) is 9.53 Å². The van der Waals surface area contributed by atoms with Crippen molar-refractivity contribution in [1.82, 2.24) is 4.90 Å². The summed E-state index contributed by atoms with van der Waals surface area (Å²) in [5.74, 6) is 0.730. The molecule has 1 fully saturated rings. The first-order valence-corrected chi connectivity index (χ1v) is 6.15. The van der Waals surface area contributed by atoms with Crippen LogP contribution in [0.4, 0.5) is 0 Å². The molecule has 16 heavy (non-hydrogen) atoms. The standard InChI is InChI=1S/C12H24N2O2/c1-9(2)6-7-14(3)12(15)11-5-4-10(8-13)16-11/h9-11H,4-8,13H2,1-3H3. The summed E-state index contributed by atoms with van der Waals surface area (Å²) in [6, 6.07) is 0. The largest absolute Gasteiger partial charge is 0.364 e. The Morgan fingerprint density at radius 1 is 1.50 bits per heavy atom. The number of carbonyl (C=O) groups is 1. The molecule has 0 aromatic carbocycles. The fraction of sp³-hybridized carbons (Fsp3) is 0.917. The highest BCUT2D eigenvalue weighted by molar-refractivity contribution is 5.80. The molecule has 4 heteroatoms. The zero-order chi connectivity index (χ0) is 12.1. The number of amides is 1. The molecule has 0 saturated carbocycles. The van der Waals surface area contributed by atoms with Gasteiger partial charge in [-0.3, -0.25) is 4.79 Å². The fourth-order valence-corrected chi connectivity index (χ4v) is 1.87. The molecule has 1 rings (SSSR count). The van der Waals surface area contributed by atoms with E-state index in [0.29, 0.717) is 12.5 Å². The van der Waals surface area contributed by atoms with Crippen LogP contribution in [0.1, 0.15) is 33.1 Å². The maximum atomic E-state index is 12.0. The van der Waals surface area contributed by atoms with Crippen molar-refractivity contribution < 1.29 is 9.53 Å². The van der Waals surface area contributed by atoms with Crippen molar-refractivity contribution in [2.75, 3.05) is 20.1 Å². The highest BCUT2D eigenvalue weighted by Crippen LogP contribution is 2.20. The second kappa shape index (κ2) is 6.21. The number of hydrogen-bond donors (Lipinski definition) is 1. The van der Waals surface area contributed by atoms with Crippen LogP contribution in [0.2, 0.25) is 0 Å². The van der Waals surface area contributed by atoms with E-state index in [0.717, 1.165) is 25.8 Å². The minimum atomic E-state index is -0.259. The van der Waals surface area contributed by atoms with E-state index < -0.39 is 0 Å². The first-order valence-electron chi connectivity index (χ1n) is 6.15. The summed E-state index contributed by atoms with van der Waals surface area (Å²) in [6.07, 6.45) is 2.57. The van der Waals surface area contributed by atoms with Gasteiger partial charge in [0.15, 0.2) is 0 Å². The van der Waals surface area contributed by atoms with E-state index in [1.807, 2.05) is 7.05 Å². The quantitative estimate of drug-likeness (QED) is 0.763. The fourth-order valence-electron chi connectivity index (χ4n) is 1.87. The molecular weight excluding hydrogens is 204 g/mol. The Bertz CT molecular complexity index is 231. The number of hydrogen-bond acceptors (Lipinski definition) is 3. The molecule has 0 bridgehead atoms. The average Bonchev–Trinajstić information content (AvgIpc) is 2.73. The van der Waals surface area contributed by atoms with Crippen molar-refractivity contribution in [3.63, 3.8) is 0 Å². The van der Waals surface area contributed by atoms with Crippen LogP contribution in [0.15, 0.2) is 0 Å². The molecule has 0 aromatic rings. The molecule has 1 heterocycles. The summed E-state index contributed by atoms with van der Waals surface area (Å²) in [4.78, 5) is 13.8. The Labute approximate surface area is 98.1 Å². The molecule has 1 aliphatic rings. The minimum Gasteiger partial charge on any atom is -0.364 e. The van der Waals surface area contributed by atoms with Crippen LogP contribution in [0, 0.1) is 5.92 Å². The highest BCUT2D eigenvalue weighted by Gasteiger charge is 2.31. The number of nitrogens with zero attached hydrogens (tertiary/aromatic N) is 1. The van der Waals surface area contributed by atoms with Crippen LogP contribution >= 0.6 is 0 Å². The van der Waals surface area contributed by atoms with E-state index >= 15 is 0 Å². The van der Waals surface area contributed by atoms with Gasteiger partial charge in [-0.2, -0.15) is 0 Å².